The molecule has 0 spiro atoms. The maximum Gasteiger partial charge on any atom is 0.129 e. The third-order valence-electron chi connectivity index (χ3n) is 3.77. The molecule has 0 aromatic carbocycles. The largest absolute Gasteiger partial charge is 0.345 e. The van der Waals surface area contributed by atoms with Gasteiger partial charge in [0.2, 0.25) is 0 Å². The molecule has 0 amide bonds. The third kappa shape index (κ3) is 5.06. The zero-order valence-corrected chi connectivity index (χ0v) is 13.7. The predicted octanol–water partition coefficient (Wildman–Crippen LogP) is 3.13. The first-order valence-corrected chi connectivity index (χ1v) is 7.79. The van der Waals surface area contributed by atoms with Gasteiger partial charge in [-0.05, 0) is 58.1 Å². The highest BCUT2D eigenvalue weighted by molar-refractivity contribution is 5.43. The topological polar surface area (TPSA) is 28.2 Å². The zero-order chi connectivity index (χ0) is 15.5. The van der Waals surface area contributed by atoms with Crippen LogP contribution in [0.4, 0.5) is 5.82 Å². The number of anilines is 1. The molecule has 0 bridgehead atoms. The Balaban J connectivity index is 2.07. The molecule has 21 heavy (non-hydrogen) atoms. The van der Waals surface area contributed by atoms with Gasteiger partial charge < -0.3 is 10.2 Å². The fourth-order valence-corrected chi connectivity index (χ4v) is 2.26. The van der Waals surface area contributed by atoms with Crippen LogP contribution in [0.15, 0.2) is 12.1 Å². The molecule has 0 atom stereocenters. The number of rotatable bonds is 6. The van der Waals surface area contributed by atoms with E-state index < -0.39 is 0 Å². The monoisotopic (exact) mass is 285 g/mol. The Labute approximate surface area is 129 Å². The number of nitrogens with zero attached hydrogens (tertiary/aromatic N) is 2. The van der Waals surface area contributed by atoms with E-state index in [0.717, 1.165) is 30.5 Å². The third-order valence-corrected chi connectivity index (χ3v) is 3.77. The zero-order valence-electron chi connectivity index (χ0n) is 13.7. The molecule has 0 aliphatic heterocycles. The van der Waals surface area contributed by atoms with Crippen LogP contribution in [-0.2, 0) is 6.54 Å². The summed E-state index contributed by atoms with van der Waals surface area (Å²) in [6, 6.07) is 4.28. The lowest BCUT2D eigenvalue weighted by Gasteiger charge is -2.24. The quantitative estimate of drug-likeness (QED) is 0.814. The summed E-state index contributed by atoms with van der Waals surface area (Å²) in [5.41, 5.74) is 2.45. The van der Waals surface area contributed by atoms with Crippen molar-refractivity contribution in [3.05, 3.63) is 23.4 Å². The molecule has 114 valence electrons. The van der Waals surface area contributed by atoms with E-state index in [9.17, 15) is 0 Å². The van der Waals surface area contributed by atoms with Gasteiger partial charge in [0.1, 0.15) is 5.82 Å². The van der Waals surface area contributed by atoms with Gasteiger partial charge in [-0.3, -0.25) is 0 Å². The van der Waals surface area contributed by atoms with Gasteiger partial charge in [0, 0.05) is 24.3 Å². The highest BCUT2D eigenvalue weighted by Gasteiger charge is 2.24. The molecule has 1 aromatic heterocycles. The van der Waals surface area contributed by atoms with Crippen LogP contribution in [0.1, 0.15) is 44.9 Å². The van der Waals surface area contributed by atoms with Crippen LogP contribution in [0.5, 0.6) is 0 Å². The molecule has 0 saturated heterocycles. The average Bonchev–Trinajstić information content (AvgIpc) is 3.20. The molecule has 0 radical (unpaired) electrons. The van der Waals surface area contributed by atoms with Crippen LogP contribution in [0.2, 0.25) is 0 Å². The number of hydrogen-bond acceptors (Lipinski definition) is 3. The molecular formula is C18H27N3. The Bertz CT molecular complexity index is 518. The summed E-state index contributed by atoms with van der Waals surface area (Å²) in [4.78, 5) is 6.99. The van der Waals surface area contributed by atoms with Crippen molar-refractivity contribution >= 4 is 5.82 Å². The first-order valence-electron chi connectivity index (χ1n) is 7.79. The van der Waals surface area contributed by atoms with E-state index in [1.54, 1.807) is 0 Å². The number of hydrogen-bond donors (Lipinski definition) is 1. The van der Waals surface area contributed by atoms with Crippen molar-refractivity contribution in [3.63, 3.8) is 0 Å². The van der Waals surface area contributed by atoms with E-state index in [4.69, 9.17) is 11.4 Å². The molecule has 1 heterocycles. The molecule has 3 heteroatoms. The van der Waals surface area contributed by atoms with Crippen molar-refractivity contribution < 1.29 is 0 Å². The highest BCUT2D eigenvalue weighted by atomic mass is 15.2. The molecule has 0 unspecified atom stereocenters. The van der Waals surface area contributed by atoms with Gasteiger partial charge in [-0.25, -0.2) is 4.98 Å². The van der Waals surface area contributed by atoms with Gasteiger partial charge in [0.05, 0.1) is 6.54 Å². The normalized spacial score (nSPS) is 14.8. The van der Waals surface area contributed by atoms with E-state index in [1.807, 2.05) is 0 Å². The number of aromatic nitrogens is 1. The molecular weight excluding hydrogens is 258 g/mol. The van der Waals surface area contributed by atoms with Crippen LogP contribution in [0, 0.1) is 25.2 Å². The van der Waals surface area contributed by atoms with Crippen LogP contribution in [0.3, 0.4) is 0 Å². The molecule has 2 rings (SSSR count). The Morgan fingerprint density at radius 3 is 2.62 bits per heavy atom. The van der Waals surface area contributed by atoms with Crippen LogP contribution < -0.4 is 10.2 Å². The van der Waals surface area contributed by atoms with Gasteiger partial charge in [0.25, 0.3) is 0 Å². The van der Waals surface area contributed by atoms with Gasteiger partial charge in [0.15, 0.2) is 0 Å². The molecule has 1 aromatic rings. The minimum atomic E-state index is 0.118. The van der Waals surface area contributed by atoms with Gasteiger partial charge >= 0.3 is 0 Å². The molecule has 1 saturated carbocycles. The summed E-state index contributed by atoms with van der Waals surface area (Å²) in [6.45, 7) is 11.1. The number of nitrogens with one attached hydrogen (secondary N) is 1. The lowest BCUT2D eigenvalue weighted by Crippen LogP contribution is -2.35. The maximum atomic E-state index is 5.50. The Hall–Kier alpha value is -1.53. The molecule has 1 fully saturated rings. The van der Waals surface area contributed by atoms with Crippen molar-refractivity contribution in [2.24, 2.45) is 5.92 Å². The summed E-state index contributed by atoms with van der Waals surface area (Å²) >= 11 is 0. The SMILES string of the molecule is C#CCN(CC1CC1)c1ccc(CNC(C)(C)C)c(C)n1. The fraction of sp³-hybridized carbons (Fsp3) is 0.611. The van der Waals surface area contributed by atoms with Crippen molar-refractivity contribution in [1.82, 2.24) is 10.3 Å². The van der Waals surface area contributed by atoms with Crippen molar-refractivity contribution in [3.8, 4) is 12.3 Å². The Kier molecular flexibility index (Phi) is 4.90. The summed E-state index contributed by atoms with van der Waals surface area (Å²) in [5.74, 6) is 4.57. The lowest BCUT2D eigenvalue weighted by atomic mass is 10.1. The van der Waals surface area contributed by atoms with Crippen molar-refractivity contribution in [2.45, 2.75) is 52.6 Å². The summed E-state index contributed by atoms with van der Waals surface area (Å²) in [6.07, 6.45) is 8.15. The second kappa shape index (κ2) is 6.49. The van der Waals surface area contributed by atoms with E-state index in [0.29, 0.717) is 6.54 Å². The summed E-state index contributed by atoms with van der Waals surface area (Å²) in [5, 5.41) is 3.51. The second-order valence-corrected chi connectivity index (χ2v) is 7.05. The first-order chi connectivity index (χ1) is 9.89. The van der Waals surface area contributed by atoms with Crippen LogP contribution in [-0.4, -0.2) is 23.6 Å². The minimum absolute atomic E-state index is 0.118. The smallest absolute Gasteiger partial charge is 0.129 e. The van der Waals surface area contributed by atoms with Gasteiger partial charge in [-0.1, -0.05) is 12.0 Å². The minimum Gasteiger partial charge on any atom is -0.345 e. The molecule has 1 aliphatic rings. The number of pyridine rings is 1. The van der Waals surface area contributed by atoms with Crippen LogP contribution >= 0.6 is 0 Å². The number of terminal acetylenes is 1. The summed E-state index contributed by atoms with van der Waals surface area (Å²) in [7, 11) is 0. The van der Waals surface area contributed by atoms with Gasteiger partial charge in [-0.15, -0.1) is 6.42 Å². The molecule has 1 aliphatic carbocycles. The van der Waals surface area contributed by atoms with E-state index in [-0.39, 0.29) is 5.54 Å². The Morgan fingerprint density at radius 2 is 2.10 bits per heavy atom. The first kappa shape index (κ1) is 15.9. The van der Waals surface area contributed by atoms with Crippen LogP contribution in [0.25, 0.3) is 0 Å². The lowest BCUT2D eigenvalue weighted by molar-refractivity contribution is 0.423. The highest BCUT2D eigenvalue weighted by Crippen LogP contribution is 2.31. The fourth-order valence-electron chi connectivity index (χ4n) is 2.26. The van der Waals surface area contributed by atoms with E-state index in [1.165, 1.54) is 18.4 Å². The van der Waals surface area contributed by atoms with Crippen molar-refractivity contribution in [1.29, 1.82) is 0 Å². The molecule has 3 nitrogen and oxygen atoms in total. The molecule has 1 N–H and O–H groups in total. The predicted molar refractivity (Wildman–Crippen MR) is 89.3 cm³/mol. The van der Waals surface area contributed by atoms with E-state index in [2.05, 4.69) is 56.0 Å². The van der Waals surface area contributed by atoms with E-state index >= 15 is 0 Å². The summed E-state index contributed by atoms with van der Waals surface area (Å²) < 4.78 is 0. The Morgan fingerprint density at radius 1 is 1.38 bits per heavy atom. The maximum absolute atomic E-state index is 5.50. The average molecular weight is 285 g/mol. The van der Waals surface area contributed by atoms with Gasteiger partial charge in [-0.2, -0.15) is 0 Å². The number of aryl methyl sites for hydroxylation is 1. The second-order valence-electron chi connectivity index (χ2n) is 7.05. The van der Waals surface area contributed by atoms with Crippen molar-refractivity contribution in [2.75, 3.05) is 18.0 Å². The standard InChI is InChI=1S/C18H27N3/c1-6-11-21(13-15-7-8-15)17-10-9-16(14(2)20-17)12-19-18(3,4)5/h1,9-10,15,19H,7-8,11-13H2,2-5H3.